The molecule has 1 heterocycles. The predicted molar refractivity (Wildman–Crippen MR) is 65.7 cm³/mol. The minimum Gasteiger partial charge on any atom is -0.508 e. The summed E-state index contributed by atoms with van der Waals surface area (Å²) in [6.07, 6.45) is -0.0825. The van der Waals surface area contributed by atoms with Gasteiger partial charge in [-0.2, -0.15) is 0 Å². The number of benzene rings is 1. The van der Waals surface area contributed by atoms with Crippen LogP contribution in [0.5, 0.6) is 5.75 Å². The zero-order valence-electron chi connectivity index (χ0n) is 10.3. The van der Waals surface area contributed by atoms with Gasteiger partial charge in [-0.1, -0.05) is 0 Å². The van der Waals surface area contributed by atoms with E-state index in [0.717, 1.165) is 0 Å². The topological polar surface area (TPSA) is 67.8 Å². The van der Waals surface area contributed by atoms with Crippen molar-refractivity contribution >= 4 is 5.91 Å². The largest absolute Gasteiger partial charge is 0.508 e. The van der Waals surface area contributed by atoms with E-state index in [2.05, 4.69) is 5.32 Å². The molecule has 1 aromatic rings. The Hall–Kier alpha value is -1.59. The number of nitrogens with one attached hydrogen (secondary N) is 1. The van der Waals surface area contributed by atoms with E-state index in [1.165, 1.54) is 6.07 Å². The Morgan fingerprint density at radius 2 is 2.33 bits per heavy atom. The summed E-state index contributed by atoms with van der Waals surface area (Å²) in [6, 6.07) is 4.77. The maximum absolute atomic E-state index is 11.9. The molecular weight excluding hydrogens is 234 g/mol. The summed E-state index contributed by atoms with van der Waals surface area (Å²) in [5, 5.41) is 12.2. The van der Waals surface area contributed by atoms with Gasteiger partial charge < -0.3 is 19.9 Å². The Balaban J connectivity index is 1.88. The molecule has 0 spiro atoms. The quantitative estimate of drug-likeness (QED) is 0.835. The second-order valence-corrected chi connectivity index (χ2v) is 4.28. The van der Waals surface area contributed by atoms with Crippen LogP contribution >= 0.6 is 0 Å². The van der Waals surface area contributed by atoms with E-state index in [4.69, 9.17) is 9.47 Å². The van der Waals surface area contributed by atoms with E-state index in [-0.39, 0.29) is 17.8 Å². The summed E-state index contributed by atoms with van der Waals surface area (Å²) in [5.74, 6) is 0.0165. The van der Waals surface area contributed by atoms with E-state index in [1.54, 1.807) is 19.1 Å². The SMILES string of the molecule is Cc1cc(C(=O)NCC2COCCO2)ccc1O. The third-order valence-corrected chi connectivity index (χ3v) is 2.83. The van der Waals surface area contributed by atoms with Gasteiger partial charge in [0.25, 0.3) is 5.91 Å². The van der Waals surface area contributed by atoms with E-state index in [0.29, 0.717) is 37.5 Å². The van der Waals surface area contributed by atoms with Crippen LogP contribution in [-0.2, 0) is 9.47 Å². The number of phenols is 1. The third-order valence-electron chi connectivity index (χ3n) is 2.83. The molecule has 1 unspecified atom stereocenters. The maximum Gasteiger partial charge on any atom is 0.251 e. The highest BCUT2D eigenvalue weighted by molar-refractivity contribution is 5.94. The summed E-state index contributed by atoms with van der Waals surface area (Å²) in [7, 11) is 0. The van der Waals surface area contributed by atoms with Crippen molar-refractivity contribution in [2.24, 2.45) is 0 Å². The first-order chi connectivity index (χ1) is 8.66. The molecule has 2 N–H and O–H groups in total. The molecule has 2 rings (SSSR count). The summed E-state index contributed by atoms with van der Waals surface area (Å²) in [5.41, 5.74) is 1.21. The second kappa shape index (κ2) is 5.84. The Bertz CT molecular complexity index is 427. The van der Waals surface area contributed by atoms with E-state index in [1.807, 2.05) is 0 Å². The molecule has 0 aliphatic carbocycles. The number of aryl methyl sites for hydroxylation is 1. The number of ether oxygens (including phenoxy) is 2. The van der Waals surface area contributed by atoms with Gasteiger partial charge in [0.15, 0.2) is 0 Å². The molecule has 1 saturated heterocycles. The van der Waals surface area contributed by atoms with Gasteiger partial charge in [0.2, 0.25) is 0 Å². The van der Waals surface area contributed by atoms with Crippen LogP contribution in [0, 0.1) is 6.92 Å². The Labute approximate surface area is 106 Å². The van der Waals surface area contributed by atoms with Crippen molar-refractivity contribution < 1.29 is 19.4 Å². The van der Waals surface area contributed by atoms with Gasteiger partial charge in [-0.25, -0.2) is 0 Å². The molecule has 0 saturated carbocycles. The molecule has 18 heavy (non-hydrogen) atoms. The Morgan fingerprint density at radius 1 is 1.50 bits per heavy atom. The van der Waals surface area contributed by atoms with Crippen molar-refractivity contribution in [1.82, 2.24) is 5.32 Å². The lowest BCUT2D eigenvalue weighted by Gasteiger charge is -2.23. The van der Waals surface area contributed by atoms with Crippen molar-refractivity contribution in [3.05, 3.63) is 29.3 Å². The first kappa shape index (κ1) is 12.9. The van der Waals surface area contributed by atoms with Crippen LogP contribution in [-0.4, -0.2) is 43.5 Å². The number of carbonyl (C=O) groups is 1. The molecule has 5 nitrogen and oxygen atoms in total. The lowest BCUT2D eigenvalue weighted by Crippen LogP contribution is -2.39. The number of aromatic hydroxyl groups is 1. The molecule has 0 radical (unpaired) electrons. The van der Waals surface area contributed by atoms with Crippen molar-refractivity contribution in [1.29, 1.82) is 0 Å². The molecule has 1 aromatic carbocycles. The van der Waals surface area contributed by atoms with Gasteiger partial charge in [-0.3, -0.25) is 4.79 Å². The van der Waals surface area contributed by atoms with E-state index < -0.39 is 0 Å². The third kappa shape index (κ3) is 3.21. The number of rotatable bonds is 3. The highest BCUT2D eigenvalue weighted by Gasteiger charge is 2.15. The minimum absolute atomic E-state index is 0.0825. The standard InChI is InChI=1S/C13H17NO4/c1-9-6-10(2-3-12(9)15)13(16)14-7-11-8-17-4-5-18-11/h2-3,6,11,15H,4-5,7-8H2,1H3,(H,14,16). The number of hydrogen-bond acceptors (Lipinski definition) is 4. The minimum atomic E-state index is -0.174. The molecule has 0 aromatic heterocycles. The smallest absolute Gasteiger partial charge is 0.251 e. The highest BCUT2D eigenvalue weighted by atomic mass is 16.6. The zero-order chi connectivity index (χ0) is 13.0. The van der Waals surface area contributed by atoms with Crippen LogP contribution in [0.3, 0.4) is 0 Å². The lowest BCUT2D eigenvalue weighted by molar-refractivity contribution is -0.0855. The molecule has 1 amide bonds. The number of phenolic OH excluding ortho intramolecular Hbond substituents is 1. The normalized spacial score (nSPS) is 19.5. The van der Waals surface area contributed by atoms with E-state index in [9.17, 15) is 9.90 Å². The highest BCUT2D eigenvalue weighted by Crippen LogP contribution is 2.16. The Kier molecular flexibility index (Phi) is 4.17. The van der Waals surface area contributed by atoms with Gasteiger partial charge in [0.1, 0.15) is 5.75 Å². The van der Waals surface area contributed by atoms with Gasteiger partial charge in [-0.15, -0.1) is 0 Å². The molecule has 98 valence electrons. The predicted octanol–water partition coefficient (Wildman–Crippen LogP) is 0.846. The van der Waals surface area contributed by atoms with Crippen LogP contribution in [0.25, 0.3) is 0 Å². The van der Waals surface area contributed by atoms with Crippen LogP contribution in [0.1, 0.15) is 15.9 Å². The first-order valence-corrected chi connectivity index (χ1v) is 5.94. The fourth-order valence-electron chi connectivity index (χ4n) is 1.76. The molecule has 5 heteroatoms. The van der Waals surface area contributed by atoms with Crippen LogP contribution < -0.4 is 5.32 Å². The fourth-order valence-corrected chi connectivity index (χ4v) is 1.76. The molecule has 0 bridgehead atoms. The summed E-state index contributed by atoms with van der Waals surface area (Å²) >= 11 is 0. The number of carbonyl (C=O) groups excluding carboxylic acids is 1. The molecular formula is C13H17NO4. The average Bonchev–Trinajstić information content (AvgIpc) is 2.40. The summed E-state index contributed by atoms with van der Waals surface area (Å²) in [6.45, 7) is 3.87. The van der Waals surface area contributed by atoms with Crippen molar-refractivity contribution in [3.8, 4) is 5.75 Å². The van der Waals surface area contributed by atoms with Crippen molar-refractivity contribution in [3.63, 3.8) is 0 Å². The van der Waals surface area contributed by atoms with Crippen LogP contribution in [0.2, 0.25) is 0 Å². The number of hydrogen-bond donors (Lipinski definition) is 2. The number of amides is 1. The second-order valence-electron chi connectivity index (χ2n) is 4.28. The van der Waals surface area contributed by atoms with Gasteiger partial charge in [-0.05, 0) is 30.7 Å². The van der Waals surface area contributed by atoms with Crippen molar-refractivity contribution in [2.75, 3.05) is 26.4 Å². The lowest BCUT2D eigenvalue weighted by atomic mass is 10.1. The zero-order valence-corrected chi connectivity index (χ0v) is 10.3. The van der Waals surface area contributed by atoms with Gasteiger partial charge in [0.05, 0.1) is 25.9 Å². The molecule has 1 atom stereocenters. The van der Waals surface area contributed by atoms with Crippen molar-refractivity contribution in [2.45, 2.75) is 13.0 Å². The van der Waals surface area contributed by atoms with Crippen LogP contribution in [0.15, 0.2) is 18.2 Å². The van der Waals surface area contributed by atoms with Gasteiger partial charge >= 0.3 is 0 Å². The average molecular weight is 251 g/mol. The summed E-state index contributed by atoms with van der Waals surface area (Å²) in [4.78, 5) is 11.9. The molecule has 1 aliphatic rings. The monoisotopic (exact) mass is 251 g/mol. The van der Waals surface area contributed by atoms with Gasteiger partial charge in [0, 0.05) is 12.1 Å². The maximum atomic E-state index is 11.9. The van der Waals surface area contributed by atoms with Crippen LogP contribution in [0.4, 0.5) is 0 Å². The molecule has 1 fully saturated rings. The van der Waals surface area contributed by atoms with E-state index >= 15 is 0 Å². The Morgan fingerprint density at radius 3 is 3.00 bits per heavy atom. The summed E-state index contributed by atoms with van der Waals surface area (Å²) < 4.78 is 10.7. The fraction of sp³-hybridized carbons (Fsp3) is 0.462. The molecule has 1 aliphatic heterocycles. The first-order valence-electron chi connectivity index (χ1n) is 5.94.